The molecule has 0 aromatic heterocycles. The van der Waals surface area contributed by atoms with E-state index in [2.05, 4.69) is 24.3 Å². The predicted molar refractivity (Wildman–Crippen MR) is 66.6 cm³/mol. The fraction of sp³-hybridized carbons (Fsp3) is 0.917. The maximum absolute atomic E-state index is 8.70. The van der Waals surface area contributed by atoms with E-state index in [1.165, 1.54) is 19.3 Å². The van der Waals surface area contributed by atoms with Crippen LogP contribution in [-0.4, -0.2) is 23.1 Å². The second-order valence-corrected chi connectivity index (χ2v) is 4.86. The van der Waals surface area contributed by atoms with Crippen molar-refractivity contribution in [3.8, 4) is 0 Å². The van der Waals surface area contributed by atoms with Gasteiger partial charge in [-0.2, -0.15) is 0 Å². The minimum atomic E-state index is 0.00746. The molecule has 1 fully saturated rings. The van der Waals surface area contributed by atoms with Crippen molar-refractivity contribution in [2.24, 2.45) is 22.7 Å². The van der Waals surface area contributed by atoms with E-state index in [9.17, 15) is 0 Å². The molecule has 0 radical (unpaired) electrons. The summed E-state index contributed by atoms with van der Waals surface area (Å²) >= 11 is 0. The number of nitrogens with one attached hydrogen (secondary N) is 1. The Balaban J connectivity index is 2.54. The van der Waals surface area contributed by atoms with E-state index < -0.39 is 0 Å². The van der Waals surface area contributed by atoms with Crippen LogP contribution < -0.4 is 11.1 Å². The topological polar surface area (TPSA) is 70.6 Å². The fourth-order valence-electron chi connectivity index (χ4n) is 2.80. The molecule has 0 bridgehead atoms. The van der Waals surface area contributed by atoms with Crippen LogP contribution in [0.2, 0.25) is 0 Å². The number of nitrogens with zero attached hydrogens (tertiary/aromatic N) is 1. The summed E-state index contributed by atoms with van der Waals surface area (Å²) in [5.74, 6) is 1.81. The Morgan fingerprint density at radius 2 is 2.19 bits per heavy atom. The van der Waals surface area contributed by atoms with Crippen molar-refractivity contribution >= 4 is 5.84 Å². The van der Waals surface area contributed by atoms with Crippen molar-refractivity contribution in [3.05, 3.63) is 0 Å². The predicted octanol–water partition coefficient (Wildman–Crippen LogP) is 1.93. The Bertz CT molecular complexity index is 242. The van der Waals surface area contributed by atoms with Crippen LogP contribution >= 0.6 is 0 Å². The summed E-state index contributed by atoms with van der Waals surface area (Å²) in [5.41, 5.74) is 5.66. The Morgan fingerprint density at radius 1 is 1.50 bits per heavy atom. The summed E-state index contributed by atoms with van der Waals surface area (Å²) in [6.45, 7) is 6.61. The quantitative estimate of drug-likeness (QED) is 0.291. The lowest BCUT2D eigenvalue weighted by Crippen LogP contribution is -2.47. The zero-order valence-electron chi connectivity index (χ0n) is 10.6. The molecule has 4 heteroatoms. The van der Waals surface area contributed by atoms with Gasteiger partial charge in [-0.1, -0.05) is 32.3 Å². The van der Waals surface area contributed by atoms with Gasteiger partial charge >= 0.3 is 0 Å². The molecular weight excluding hydrogens is 202 g/mol. The summed E-state index contributed by atoms with van der Waals surface area (Å²) in [4.78, 5) is 0. The molecule has 0 spiro atoms. The second kappa shape index (κ2) is 6.09. The van der Waals surface area contributed by atoms with Gasteiger partial charge in [0, 0.05) is 6.04 Å². The number of hydrogen-bond acceptors (Lipinski definition) is 3. The van der Waals surface area contributed by atoms with Gasteiger partial charge in [-0.05, 0) is 31.1 Å². The van der Waals surface area contributed by atoms with Crippen LogP contribution in [0.3, 0.4) is 0 Å². The van der Waals surface area contributed by atoms with Gasteiger partial charge in [0.05, 0.1) is 6.04 Å². The molecule has 0 amide bonds. The third-order valence-electron chi connectivity index (χ3n) is 4.05. The van der Waals surface area contributed by atoms with Crippen molar-refractivity contribution in [2.75, 3.05) is 0 Å². The first kappa shape index (κ1) is 13.3. The fourth-order valence-corrected chi connectivity index (χ4v) is 2.80. The summed E-state index contributed by atoms with van der Waals surface area (Å²) in [6, 6.07) is 0.517. The highest BCUT2D eigenvalue weighted by Gasteiger charge is 2.32. The highest BCUT2D eigenvalue weighted by atomic mass is 16.4. The van der Waals surface area contributed by atoms with E-state index in [4.69, 9.17) is 10.9 Å². The van der Waals surface area contributed by atoms with Gasteiger partial charge in [0.15, 0.2) is 5.84 Å². The van der Waals surface area contributed by atoms with Crippen LogP contribution in [0.25, 0.3) is 0 Å². The van der Waals surface area contributed by atoms with Crippen LogP contribution in [0.5, 0.6) is 0 Å². The lowest BCUT2D eigenvalue weighted by Gasteiger charge is -2.25. The summed E-state index contributed by atoms with van der Waals surface area (Å²) in [6.07, 6.45) is 4.60. The Hall–Kier alpha value is -0.770. The van der Waals surface area contributed by atoms with Crippen molar-refractivity contribution in [1.29, 1.82) is 0 Å². The van der Waals surface area contributed by atoms with Crippen molar-refractivity contribution in [3.63, 3.8) is 0 Å². The van der Waals surface area contributed by atoms with Crippen LogP contribution in [0, 0.1) is 11.8 Å². The molecule has 1 rings (SSSR count). The minimum Gasteiger partial charge on any atom is -0.409 e. The van der Waals surface area contributed by atoms with E-state index >= 15 is 0 Å². The van der Waals surface area contributed by atoms with Crippen LogP contribution in [0.4, 0.5) is 0 Å². The van der Waals surface area contributed by atoms with Crippen LogP contribution in [0.1, 0.15) is 46.5 Å². The first-order valence-electron chi connectivity index (χ1n) is 6.37. The average molecular weight is 227 g/mol. The average Bonchev–Trinajstić information content (AvgIpc) is 2.66. The lowest BCUT2D eigenvalue weighted by molar-refractivity contribution is 0.306. The molecule has 1 saturated carbocycles. The van der Waals surface area contributed by atoms with E-state index in [-0.39, 0.29) is 6.04 Å². The Kier molecular flexibility index (Phi) is 5.06. The van der Waals surface area contributed by atoms with Crippen LogP contribution in [-0.2, 0) is 0 Å². The van der Waals surface area contributed by atoms with Gasteiger partial charge < -0.3 is 16.3 Å². The molecule has 1 aliphatic carbocycles. The van der Waals surface area contributed by atoms with E-state index in [1.807, 2.05) is 6.92 Å². The van der Waals surface area contributed by atoms with Gasteiger partial charge in [-0.15, -0.1) is 0 Å². The molecule has 0 saturated heterocycles. The van der Waals surface area contributed by atoms with Crippen molar-refractivity contribution < 1.29 is 5.21 Å². The van der Waals surface area contributed by atoms with E-state index in [0.29, 0.717) is 17.8 Å². The molecule has 4 N–H and O–H groups in total. The van der Waals surface area contributed by atoms with Crippen molar-refractivity contribution in [2.45, 2.75) is 58.5 Å². The molecule has 0 aromatic rings. The summed E-state index contributed by atoms with van der Waals surface area (Å²) < 4.78 is 0. The highest BCUT2D eigenvalue weighted by molar-refractivity contribution is 5.85. The lowest BCUT2D eigenvalue weighted by atomic mass is 9.93. The maximum atomic E-state index is 8.70. The molecule has 4 atom stereocenters. The number of amidine groups is 1. The smallest absolute Gasteiger partial charge is 0.156 e. The first-order valence-corrected chi connectivity index (χ1v) is 6.37. The third-order valence-corrected chi connectivity index (χ3v) is 4.05. The molecular formula is C12H25N3O. The molecule has 4 nitrogen and oxygen atoms in total. The zero-order chi connectivity index (χ0) is 12.1. The van der Waals surface area contributed by atoms with E-state index in [1.54, 1.807) is 0 Å². The number of rotatable bonds is 5. The zero-order valence-corrected chi connectivity index (χ0v) is 10.6. The largest absolute Gasteiger partial charge is 0.409 e. The maximum Gasteiger partial charge on any atom is 0.156 e. The van der Waals surface area contributed by atoms with Gasteiger partial charge in [0.25, 0.3) is 0 Å². The number of nitrogens with two attached hydrogens (primary N) is 1. The molecule has 94 valence electrons. The van der Waals surface area contributed by atoms with Gasteiger partial charge in [0.2, 0.25) is 0 Å². The molecule has 1 aliphatic rings. The molecule has 0 aromatic carbocycles. The number of hydrogen-bond donors (Lipinski definition) is 3. The molecule has 0 aliphatic heterocycles. The second-order valence-electron chi connectivity index (χ2n) is 4.86. The highest BCUT2D eigenvalue weighted by Crippen LogP contribution is 2.34. The molecule has 16 heavy (non-hydrogen) atoms. The first-order chi connectivity index (χ1) is 7.63. The van der Waals surface area contributed by atoms with Gasteiger partial charge in [-0.25, -0.2) is 0 Å². The Labute approximate surface area is 98.3 Å². The molecule has 4 unspecified atom stereocenters. The van der Waals surface area contributed by atoms with Crippen LogP contribution in [0.15, 0.2) is 5.16 Å². The van der Waals surface area contributed by atoms with Gasteiger partial charge in [-0.3, -0.25) is 0 Å². The normalized spacial score (nSPS) is 32.9. The van der Waals surface area contributed by atoms with E-state index in [0.717, 1.165) is 12.3 Å². The van der Waals surface area contributed by atoms with Crippen molar-refractivity contribution in [1.82, 2.24) is 5.32 Å². The monoisotopic (exact) mass is 227 g/mol. The SMILES string of the molecule is CCC(NC1CCC(CC)C1C)C(N)=NO. The standard InChI is InChI=1S/C12H25N3O/c1-4-9-6-7-11(8(9)3)14-10(5-2)12(13)15-16/h8-11,14,16H,4-7H2,1-3H3,(H2,13,15). The minimum absolute atomic E-state index is 0.00746. The summed E-state index contributed by atoms with van der Waals surface area (Å²) in [5, 5.41) is 15.3. The van der Waals surface area contributed by atoms with Gasteiger partial charge in [0.1, 0.15) is 0 Å². The molecule has 0 heterocycles. The summed E-state index contributed by atoms with van der Waals surface area (Å²) in [7, 11) is 0. The Morgan fingerprint density at radius 3 is 2.62 bits per heavy atom. The number of oxime groups is 1. The third kappa shape index (κ3) is 2.88.